The molecule has 2 aliphatic rings. The topological polar surface area (TPSA) is 44.0 Å². The fourth-order valence-corrected chi connectivity index (χ4v) is 3.21. The molecule has 1 atom stereocenters. The molecule has 4 nitrogen and oxygen atoms in total. The fraction of sp³-hybridized carbons (Fsp3) is 0.786. The van der Waals surface area contributed by atoms with Gasteiger partial charge in [-0.3, -0.25) is 5.10 Å². The highest BCUT2D eigenvalue weighted by atomic mass is 15.3. The summed E-state index contributed by atoms with van der Waals surface area (Å²) in [5.74, 6) is 2.84. The van der Waals surface area contributed by atoms with E-state index >= 15 is 0 Å². The summed E-state index contributed by atoms with van der Waals surface area (Å²) >= 11 is 0. The quantitative estimate of drug-likeness (QED) is 0.835. The first-order valence-corrected chi connectivity index (χ1v) is 7.27. The second-order valence-electron chi connectivity index (χ2n) is 5.99. The van der Waals surface area contributed by atoms with Crippen molar-refractivity contribution in [2.24, 2.45) is 11.8 Å². The predicted molar refractivity (Wildman–Crippen MR) is 74.0 cm³/mol. The first-order chi connectivity index (χ1) is 8.75. The Balaban J connectivity index is 1.82. The summed E-state index contributed by atoms with van der Waals surface area (Å²) in [5.41, 5.74) is 2.89. The van der Waals surface area contributed by atoms with Crippen LogP contribution in [0.4, 0.5) is 5.82 Å². The third-order valence-electron chi connectivity index (χ3n) is 4.52. The van der Waals surface area contributed by atoms with E-state index in [9.17, 15) is 0 Å². The number of hydrogen-bond donors (Lipinski definition) is 2. The molecule has 4 heteroatoms. The van der Waals surface area contributed by atoms with Crippen LogP contribution in [0.3, 0.4) is 0 Å². The first-order valence-electron chi connectivity index (χ1n) is 7.27. The number of hydrogen-bond acceptors (Lipinski definition) is 3. The molecular weight excluding hydrogens is 224 g/mol. The van der Waals surface area contributed by atoms with Gasteiger partial charge < -0.3 is 10.2 Å². The summed E-state index contributed by atoms with van der Waals surface area (Å²) in [7, 11) is 0. The SMILES string of the molecule is CC(C)C1CCc2[nH]nc(N3CCNCC3)c2C1. The molecule has 0 bridgehead atoms. The van der Waals surface area contributed by atoms with Crippen LogP contribution in [0.15, 0.2) is 0 Å². The molecule has 2 N–H and O–H groups in total. The largest absolute Gasteiger partial charge is 0.352 e. The van der Waals surface area contributed by atoms with Crippen molar-refractivity contribution in [2.75, 3.05) is 31.1 Å². The molecule has 1 aromatic heterocycles. The maximum Gasteiger partial charge on any atom is 0.153 e. The molecule has 1 aliphatic heterocycles. The van der Waals surface area contributed by atoms with E-state index in [1.54, 1.807) is 0 Å². The zero-order valence-electron chi connectivity index (χ0n) is 11.5. The van der Waals surface area contributed by atoms with E-state index in [-0.39, 0.29) is 0 Å². The summed E-state index contributed by atoms with van der Waals surface area (Å²) in [4.78, 5) is 2.44. The molecular formula is C14H24N4. The van der Waals surface area contributed by atoms with Gasteiger partial charge in [0.15, 0.2) is 5.82 Å². The van der Waals surface area contributed by atoms with Crippen LogP contribution in [0.5, 0.6) is 0 Å². The van der Waals surface area contributed by atoms with E-state index in [0.717, 1.165) is 38.0 Å². The number of fused-ring (bicyclic) bond motifs is 1. The van der Waals surface area contributed by atoms with Crippen molar-refractivity contribution >= 4 is 5.82 Å². The van der Waals surface area contributed by atoms with Gasteiger partial charge in [-0.15, -0.1) is 0 Å². The number of aromatic amines is 1. The Morgan fingerprint density at radius 2 is 2.06 bits per heavy atom. The minimum Gasteiger partial charge on any atom is -0.352 e. The number of nitrogens with one attached hydrogen (secondary N) is 2. The average molecular weight is 248 g/mol. The van der Waals surface area contributed by atoms with Crippen LogP contribution in [0.25, 0.3) is 0 Å². The Morgan fingerprint density at radius 3 is 2.78 bits per heavy atom. The van der Waals surface area contributed by atoms with Gasteiger partial charge in [0.2, 0.25) is 0 Å². The van der Waals surface area contributed by atoms with Gasteiger partial charge in [-0.05, 0) is 31.1 Å². The lowest BCUT2D eigenvalue weighted by Gasteiger charge is -2.31. The van der Waals surface area contributed by atoms with Gasteiger partial charge in [0.25, 0.3) is 0 Å². The maximum atomic E-state index is 4.59. The van der Waals surface area contributed by atoms with Crippen molar-refractivity contribution in [2.45, 2.75) is 33.1 Å². The Morgan fingerprint density at radius 1 is 1.28 bits per heavy atom. The van der Waals surface area contributed by atoms with Gasteiger partial charge in [-0.25, -0.2) is 0 Å². The maximum absolute atomic E-state index is 4.59. The van der Waals surface area contributed by atoms with Crippen LogP contribution >= 0.6 is 0 Å². The van der Waals surface area contributed by atoms with Gasteiger partial charge in [0.05, 0.1) is 0 Å². The number of rotatable bonds is 2. The molecule has 1 aromatic rings. The molecule has 1 saturated heterocycles. The monoisotopic (exact) mass is 248 g/mol. The van der Waals surface area contributed by atoms with Gasteiger partial charge in [0.1, 0.15) is 0 Å². The number of anilines is 1. The third kappa shape index (κ3) is 2.14. The van der Waals surface area contributed by atoms with E-state index < -0.39 is 0 Å². The van der Waals surface area contributed by atoms with E-state index in [0.29, 0.717) is 0 Å². The number of nitrogens with zero attached hydrogens (tertiary/aromatic N) is 2. The van der Waals surface area contributed by atoms with E-state index in [4.69, 9.17) is 0 Å². The highest BCUT2D eigenvalue weighted by Gasteiger charge is 2.27. The summed E-state index contributed by atoms with van der Waals surface area (Å²) in [6.07, 6.45) is 3.70. The lowest BCUT2D eigenvalue weighted by Crippen LogP contribution is -2.44. The Bertz CT molecular complexity index is 404. The van der Waals surface area contributed by atoms with Crippen molar-refractivity contribution in [3.05, 3.63) is 11.3 Å². The van der Waals surface area contributed by atoms with Crippen molar-refractivity contribution in [1.29, 1.82) is 0 Å². The van der Waals surface area contributed by atoms with Gasteiger partial charge in [-0.1, -0.05) is 13.8 Å². The van der Waals surface area contributed by atoms with Gasteiger partial charge in [0, 0.05) is 37.4 Å². The lowest BCUT2D eigenvalue weighted by molar-refractivity contribution is 0.341. The third-order valence-corrected chi connectivity index (χ3v) is 4.52. The molecule has 1 fully saturated rings. The molecule has 3 rings (SSSR count). The minimum atomic E-state index is 0.781. The number of aromatic nitrogens is 2. The molecule has 0 spiro atoms. The molecule has 1 unspecified atom stereocenters. The molecule has 2 heterocycles. The van der Waals surface area contributed by atoms with E-state index in [2.05, 4.69) is 34.3 Å². The van der Waals surface area contributed by atoms with Crippen LogP contribution in [0.1, 0.15) is 31.5 Å². The molecule has 0 amide bonds. The molecule has 18 heavy (non-hydrogen) atoms. The summed E-state index contributed by atoms with van der Waals surface area (Å²) in [5, 5.41) is 11.3. The van der Waals surface area contributed by atoms with Gasteiger partial charge >= 0.3 is 0 Å². The van der Waals surface area contributed by atoms with E-state index in [1.165, 1.54) is 36.3 Å². The highest BCUT2D eigenvalue weighted by molar-refractivity contribution is 5.50. The number of aryl methyl sites for hydroxylation is 1. The van der Waals surface area contributed by atoms with Crippen molar-refractivity contribution in [3.8, 4) is 0 Å². The smallest absolute Gasteiger partial charge is 0.153 e. The van der Waals surface area contributed by atoms with Crippen LogP contribution in [-0.2, 0) is 12.8 Å². The van der Waals surface area contributed by atoms with Crippen LogP contribution in [0, 0.1) is 11.8 Å². The number of piperazine rings is 1. The Kier molecular flexibility index (Phi) is 3.29. The molecule has 100 valence electrons. The first kappa shape index (κ1) is 12.0. The van der Waals surface area contributed by atoms with E-state index in [1.807, 2.05) is 0 Å². The average Bonchev–Trinajstić information content (AvgIpc) is 2.82. The lowest BCUT2D eigenvalue weighted by atomic mass is 9.80. The molecule has 0 saturated carbocycles. The van der Waals surface area contributed by atoms with Crippen molar-refractivity contribution < 1.29 is 0 Å². The molecule has 1 aliphatic carbocycles. The second kappa shape index (κ2) is 4.92. The minimum absolute atomic E-state index is 0.781. The predicted octanol–water partition coefficient (Wildman–Crippen LogP) is 1.58. The normalized spacial score (nSPS) is 24.4. The van der Waals surface area contributed by atoms with Crippen molar-refractivity contribution in [3.63, 3.8) is 0 Å². The molecule has 0 aromatic carbocycles. The van der Waals surface area contributed by atoms with Crippen molar-refractivity contribution in [1.82, 2.24) is 15.5 Å². The summed E-state index contributed by atoms with van der Waals surface area (Å²) in [6, 6.07) is 0. The van der Waals surface area contributed by atoms with Crippen LogP contribution < -0.4 is 10.2 Å². The fourth-order valence-electron chi connectivity index (χ4n) is 3.21. The summed E-state index contributed by atoms with van der Waals surface area (Å²) in [6.45, 7) is 9.03. The summed E-state index contributed by atoms with van der Waals surface area (Å²) < 4.78 is 0. The standard InChI is InChI=1S/C14H24N4/c1-10(2)11-3-4-13-12(9-11)14(17-16-13)18-7-5-15-6-8-18/h10-11,15H,3-9H2,1-2H3,(H,16,17). The van der Waals surface area contributed by atoms with Crippen LogP contribution in [-0.4, -0.2) is 36.4 Å². The second-order valence-corrected chi connectivity index (χ2v) is 5.99. The zero-order chi connectivity index (χ0) is 12.5. The number of H-pyrrole nitrogens is 1. The zero-order valence-corrected chi connectivity index (χ0v) is 11.5. The van der Waals surface area contributed by atoms with Crippen LogP contribution in [0.2, 0.25) is 0 Å². The Labute approximate surface area is 109 Å². The van der Waals surface area contributed by atoms with Gasteiger partial charge in [-0.2, -0.15) is 5.10 Å². The molecule has 0 radical (unpaired) electrons. The highest BCUT2D eigenvalue weighted by Crippen LogP contribution is 2.34. The Hall–Kier alpha value is -1.03.